The summed E-state index contributed by atoms with van der Waals surface area (Å²) in [5.74, 6) is 0. The zero-order chi connectivity index (χ0) is 15.8. The van der Waals surface area contributed by atoms with E-state index in [1.807, 2.05) is 0 Å². The van der Waals surface area contributed by atoms with Crippen LogP contribution in [0.4, 0.5) is 0 Å². The number of hydrogen-bond acceptors (Lipinski definition) is 5. The zero-order valence-corrected chi connectivity index (χ0v) is 13.5. The van der Waals surface area contributed by atoms with E-state index in [1.165, 1.54) is 4.31 Å². The van der Waals surface area contributed by atoms with E-state index >= 15 is 0 Å². The van der Waals surface area contributed by atoms with Crippen LogP contribution in [0.2, 0.25) is 0 Å². The summed E-state index contributed by atoms with van der Waals surface area (Å²) in [6.07, 6.45) is 0.730. The summed E-state index contributed by atoms with van der Waals surface area (Å²) in [7, 11) is -3.48. The Kier molecular flexibility index (Phi) is 4.26. The van der Waals surface area contributed by atoms with Crippen molar-refractivity contribution in [3.8, 4) is 0 Å². The topological polar surface area (TPSA) is 78.9 Å². The van der Waals surface area contributed by atoms with Gasteiger partial charge in [-0.3, -0.25) is 5.32 Å². The van der Waals surface area contributed by atoms with Crippen molar-refractivity contribution >= 4 is 10.0 Å². The molecule has 1 aromatic carbocycles. The third kappa shape index (κ3) is 2.91. The van der Waals surface area contributed by atoms with Gasteiger partial charge in [0, 0.05) is 32.5 Å². The molecule has 2 saturated heterocycles. The first-order valence-corrected chi connectivity index (χ1v) is 9.04. The first-order valence-electron chi connectivity index (χ1n) is 7.60. The van der Waals surface area contributed by atoms with Crippen molar-refractivity contribution in [2.24, 2.45) is 0 Å². The number of hydrogen-bond donors (Lipinski definition) is 2. The molecule has 2 N–H and O–H groups in total. The van der Waals surface area contributed by atoms with Crippen molar-refractivity contribution in [3.63, 3.8) is 0 Å². The predicted octanol–water partition coefficient (Wildman–Crippen LogP) is 0.840. The minimum Gasteiger partial charge on any atom is -0.389 e. The Morgan fingerprint density at radius 2 is 1.91 bits per heavy atom. The van der Waals surface area contributed by atoms with E-state index in [4.69, 9.17) is 4.74 Å². The fourth-order valence-electron chi connectivity index (χ4n) is 3.05. The zero-order valence-electron chi connectivity index (χ0n) is 12.7. The Morgan fingerprint density at radius 3 is 2.41 bits per heavy atom. The summed E-state index contributed by atoms with van der Waals surface area (Å²) in [5, 5.41) is 12.8. The third-order valence-corrected chi connectivity index (χ3v) is 6.37. The van der Waals surface area contributed by atoms with Crippen LogP contribution in [0.1, 0.15) is 31.4 Å². The average molecular weight is 326 g/mol. The molecule has 7 heteroatoms. The largest absolute Gasteiger partial charge is 0.389 e. The van der Waals surface area contributed by atoms with Crippen molar-refractivity contribution in [1.82, 2.24) is 9.62 Å². The number of aliphatic hydroxyl groups excluding tert-OH is 1. The number of rotatable bonds is 3. The average Bonchev–Trinajstić information content (AvgIpc) is 2.96. The quantitative estimate of drug-likeness (QED) is 0.860. The van der Waals surface area contributed by atoms with Gasteiger partial charge in [-0.25, -0.2) is 8.42 Å². The highest BCUT2D eigenvalue weighted by atomic mass is 32.2. The van der Waals surface area contributed by atoms with Gasteiger partial charge in [0.1, 0.15) is 5.72 Å². The number of ether oxygens (including phenoxy) is 1. The Balaban J connectivity index is 1.73. The maximum absolute atomic E-state index is 12.7. The van der Waals surface area contributed by atoms with Crippen molar-refractivity contribution in [2.45, 2.75) is 36.5 Å². The van der Waals surface area contributed by atoms with Crippen LogP contribution in [0.25, 0.3) is 0 Å². The molecule has 0 aromatic heterocycles. The maximum atomic E-state index is 12.7. The van der Waals surface area contributed by atoms with Crippen LogP contribution in [0, 0.1) is 0 Å². The highest BCUT2D eigenvalue weighted by Crippen LogP contribution is 2.29. The highest BCUT2D eigenvalue weighted by Gasteiger charge is 2.41. The van der Waals surface area contributed by atoms with E-state index in [9.17, 15) is 13.5 Å². The van der Waals surface area contributed by atoms with Gasteiger partial charge in [-0.2, -0.15) is 4.31 Å². The monoisotopic (exact) mass is 326 g/mol. The highest BCUT2D eigenvalue weighted by molar-refractivity contribution is 7.89. The molecule has 2 heterocycles. The molecule has 2 fully saturated rings. The fraction of sp³-hybridized carbons (Fsp3) is 0.600. The summed E-state index contributed by atoms with van der Waals surface area (Å²) in [4.78, 5) is 0.271. The van der Waals surface area contributed by atoms with E-state index in [0.717, 1.165) is 6.54 Å². The Morgan fingerprint density at radius 1 is 1.27 bits per heavy atom. The summed E-state index contributed by atoms with van der Waals surface area (Å²) in [5.41, 5.74) is 0.377. The van der Waals surface area contributed by atoms with Gasteiger partial charge in [-0.05, 0) is 24.6 Å². The standard InChI is InChI=1S/C15H22N2O4S/c1-12(18)13-2-4-14(5-3-13)22(19,20)17-9-6-15(7-10-17)16-8-11-21-15/h2-5,12,16,18H,6-11H2,1H3. The lowest BCUT2D eigenvalue weighted by molar-refractivity contribution is -0.0445. The molecule has 0 amide bonds. The molecule has 2 aliphatic rings. The van der Waals surface area contributed by atoms with E-state index in [2.05, 4.69) is 5.32 Å². The van der Waals surface area contributed by atoms with Crippen LogP contribution in [0.15, 0.2) is 29.2 Å². The second-order valence-corrected chi connectivity index (χ2v) is 7.86. The molecule has 1 unspecified atom stereocenters. The van der Waals surface area contributed by atoms with E-state index in [-0.39, 0.29) is 10.6 Å². The SMILES string of the molecule is CC(O)c1ccc(S(=O)(=O)N2CCC3(CC2)NCCO3)cc1. The van der Waals surface area contributed by atoms with Crippen molar-refractivity contribution < 1.29 is 18.3 Å². The molecular formula is C15H22N2O4S. The van der Waals surface area contributed by atoms with Gasteiger partial charge < -0.3 is 9.84 Å². The number of nitrogens with zero attached hydrogens (tertiary/aromatic N) is 1. The van der Waals surface area contributed by atoms with Crippen molar-refractivity contribution in [2.75, 3.05) is 26.2 Å². The Bertz CT molecular complexity index is 611. The number of benzene rings is 1. The lowest BCUT2D eigenvalue weighted by atomic mass is 10.0. The molecule has 3 rings (SSSR count). The van der Waals surface area contributed by atoms with Crippen LogP contribution < -0.4 is 5.32 Å². The van der Waals surface area contributed by atoms with Gasteiger partial charge >= 0.3 is 0 Å². The van der Waals surface area contributed by atoms with Crippen LogP contribution in [0.3, 0.4) is 0 Å². The molecule has 1 spiro atoms. The minimum absolute atomic E-state index is 0.271. The second kappa shape index (κ2) is 5.90. The molecule has 122 valence electrons. The van der Waals surface area contributed by atoms with Gasteiger partial charge in [0.15, 0.2) is 0 Å². The molecule has 2 aliphatic heterocycles. The van der Waals surface area contributed by atoms with Crippen LogP contribution >= 0.6 is 0 Å². The molecule has 0 saturated carbocycles. The summed E-state index contributed by atoms with van der Waals surface area (Å²) < 4.78 is 32.6. The lowest BCUT2D eigenvalue weighted by Crippen LogP contribution is -2.52. The fourth-order valence-corrected chi connectivity index (χ4v) is 4.49. The summed E-state index contributed by atoms with van der Waals surface area (Å²) in [6, 6.07) is 6.44. The molecule has 0 aliphatic carbocycles. The number of piperidine rings is 1. The minimum atomic E-state index is -3.48. The molecular weight excluding hydrogens is 304 g/mol. The second-order valence-electron chi connectivity index (χ2n) is 5.92. The van der Waals surface area contributed by atoms with Crippen LogP contribution in [-0.4, -0.2) is 49.8 Å². The molecule has 22 heavy (non-hydrogen) atoms. The van der Waals surface area contributed by atoms with E-state index in [0.29, 0.717) is 38.1 Å². The van der Waals surface area contributed by atoms with Crippen LogP contribution in [-0.2, 0) is 14.8 Å². The Hall–Kier alpha value is -0.990. The molecule has 0 radical (unpaired) electrons. The molecule has 1 aromatic rings. The maximum Gasteiger partial charge on any atom is 0.243 e. The lowest BCUT2D eigenvalue weighted by Gasteiger charge is -2.37. The third-order valence-electron chi connectivity index (χ3n) is 4.46. The summed E-state index contributed by atoms with van der Waals surface area (Å²) >= 11 is 0. The summed E-state index contributed by atoms with van der Waals surface area (Å²) in [6.45, 7) is 4.07. The van der Waals surface area contributed by atoms with Crippen molar-refractivity contribution in [1.29, 1.82) is 0 Å². The van der Waals surface area contributed by atoms with Crippen LogP contribution in [0.5, 0.6) is 0 Å². The number of aliphatic hydroxyl groups is 1. The predicted molar refractivity (Wildman–Crippen MR) is 81.8 cm³/mol. The van der Waals surface area contributed by atoms with Crippen molar-refractivity contribution in [3.05, 3.63) is 29.8 Å². The van der Waals surface area contributed by atoms with Gasteiger partial charge in [-0.1, -0.05) is 12.1 Å². The van der Waals surface area contributed by atoms with E-state index in [1.54, 1.807) is 31.2 Å². The first kappa shape index (κ1) is 15.9. The van der Waals surface area contributed by atoms with Gasteiger partial charge in [0.05, 0.1) is 17.6 Å². The number of nitrogens with one attached hydrogen (secondary N) is 1. The van der Waals surface area contributed by atoms with E-state index < -0.39 is 16.1 Å². The van der Waals surface area contributed by atoms with Gasteiger partial charge in [0.25, 0.3) is 0 Å². The van der Waals surface area contributed by atoms with Gasteiger partial charge in [-0.15, -0.1) is 0 Å². The normalized spacial score (nSPS) is 23.7. The smallest absolute Gasteiger partial charge is 0.243 e. The molecule has 6 nitrogen and oxygen atoms in total. The Labute approximate surface area is 131 Å². The first-order chi connectivity index (χ1) is 10.4. The molecule has 1 atom stereocenters. The van der Waals surface area contributed by atoms with Gasteiger partial charge in [0.2, 0.25) is 10.0 Å². The number of sulfonamides is 1. The molecule has 0 bridgehead atoms.